The molecule has 0 unspecified atom stereocenters. The van der Waals surface area contributed by atoms with Crippen LogP contribution in [0.4, 0.5) is 0 Å². The maximum absolute atomic E-state index is 10.9. The minimum Gasteiger partial charge on any atom is -0.480 e. The molecule has 0 aliphatic rings. The summed E-state index contributed by atoms with van der Waals surface area (Å²) in [7, 11) is 0. The molecule has 0 spiro atoms. The van der Waals surface area contributed by atoms with Gasteiger partial charge in [0.2, 0.25) is 0 Å². The van der Waals surface area contributed by atoms with Crippen molar-refractivity contribution in [2.24, 2.45) is 5.92 Å². The quantitative estimate of drug-likeness (QED) is 0.612. The largest absolute Gasteiger partial charge is 0.480 e. The molecule has 0 aliphatic heterocycles. The van der Waals surface area contributed by atoms with Gasteiger partial charge in [-0.2, -0.15) is 0 Å². The van der Waals surface area contributed by atoms with Crippen molar-refractivity contribution in [1.29, 1.82) is 0 Å². The van der Waals surface area contributed by atoms with Crippen LogP contribution in [0.15, 0.2) is 0 Å². The second-order valence-corrected chi connectivity index (χ2v) is 4.89. The van der Waals surface area contributed by atoms with E-state index in [2.05, 4.69) is 19.2 Å². The highest BCUT2D eigenvalue weighted by Crippen LogP contribution is 2.10. The topological polar surface area (TPSA) is 49.3 Å². The molecule has 90 valence electrons. The lowest BCUT2D eigenvalue weighted by Gasteiger charge is -2.17. The molecule has 0 saturated carbocycles. The van der Waals surface area contributed by atoms with Crippen molar-refractivity contribution in [1.82, 2.24) is 5.32 Å². The molecular formula is C12H25NO2. The number of unbranched alkanes of at least 4 members (excludes halogenated alkanes) is 1. The van der Waals surface area contributed by atoms with Crippen molar-refractivity contribution in [2.75, 3.05) is 0 Å². The molecule has 1 atom stereocenters. The molecule has 0 radical (unpaired) electrons. The number of carbonyl (C=O) groups is 1. The fourth-order valence-electron chi connectivity index (χ4n) is 1.58. The molecule has 15 heavy (non-hydrogen) atoms. The van der Waals surface area contributed by atoms with Crippen molar-refractivity contribution < 1.29 is 9.90 Å². The smallest absolute Gasteiger partial charge is 0.320 e. The van der Waals surface area contributed by atoms with E-state index >= 15 is 0 Å². The number of carboxylic acids is 1. The van der Waals surface area contributed by atoms with Crippen LogP contribution in [0.1, 0.15) is 53.4 Å². The molecule has 3 heteroatoms. The molecule has 2 N–H and O–H groups in total. The second-order valence-electron chi connectivity index (χ2n) is 4.89. The van der Waals surface area contributed by atoms with Gasteiger partial charge in [0.1, 0.15) is 6.04 Å². The second kappa shape index (κ2) is 7.69. The van der Waals surface area contributed by atoms with Crippen molar-refractivity contribution in [2.45, 2.75) is 65.5 Å². The molecule has 0 amide bonds. The summed E-state index contributed by atoms with van der Waals surface area (Å²) in [5.74, 6) is -0.0143. The van der Waals surface area contributed by atoms with Gasteiger partial charge in [0.25, 0.3) is 0 Å². The molecule has 0 saturated heterocycles. The van der Waals surface area contributed by atoms with Gasteiger partial charge >= 0.3 is 5.97 Å². The summed E-state index contributed by atoms with van der Waals surface area (Å²) in [5, 5.41) is 12.0. The Morgan fingerprint density at radius 2 is 1.67 bits per heavy atom. The van der Waals surface area contributed by atoms with Crippen LogP contribution in [0.5, 0.6) is 0 Å². The van der Waals surface area contributed by atoms with E-state index in [4.69, 9.17) is 5.11 Å². The monoisotopic (exact) mass is 215 g/mol. The zero-order valence-corrected chi connectivity index (χ0v) is 10.4. The normalized spacial score (nSPS) is 13.5. The van der Waals surface area contributed by atoms with Gasteiger partial charge in [-0.25, -0.2) is 0 Å². The van der Waals surface area contributed by atoms with Crippen LogP contribution in [0.3, 0.4) is 0 Å². The Balaban J connectivity index is 3.72. The van der Waals surface area contributed by atoms with Crippen molar-refractivity contribution in [3.8, 4) is 0 Å². The summed E-state index contributed by atoms with van der Waals surface area (Å²) in [6.07, 6.45) is 4.05. The van der Waals surface area contributed by atoms with Crippen molar-refractivity contribution in [3.63, 3.8) is 0 Å². The van der Waals surface area contributed by atoms with Gasteiger partial charge in [0.05, 0.1) is 0 Å². The number of hydrogen-bond acceptors (Lipinski definition) is 2. The zero-order valence-electron chi connectivity index (χ0n) is 10.4. The van der Waals surface area contributed by atoms with Crippen molar-refractivity contribution >= 4 is 5.97 Å². The SMILES string of the molecule is CC(C)CCCC[C@@H](NC(C)C)C(=O)O. The summed E-state index contributed by atoms with van der Waals surface area (Å²) in [4.78, 5) is 10.9. The number of hydrogen-bond donors (Lipinski definition) is 2. The van der Waals surface area contributed by atoms with E-state index in [1.54, 1.807) is 0 Å². The first-order valence-electron chi connectivity index (χ1n) is 5.92. The van der Waals surface area contributed by atoms with E-state index in [1.807, 2.05) is 13.8 Å². The first-order valence-corrected chi connectivity index (χ1v) is 5.92. The van der Waals surface area contributed by atoms with Crippen LogP contribution < -0.4 is 5.32 Å². The minimum atomic E-state index is -0.728. The number of rotatable bonds is 8. The highest BCUT2D eigenvalue weighted by atomic mass is 16.4. The maximum Gasteiger partial charge on any atom is 0.320 e. The molecule has 0 bridgehead atoms. The molecule has 0 aliphatic carbocycles. The lowest BCUT2D eigenvalue weighted by Crippen LogP contribution is -2.40. The Hall–Kier alpha value is -0.570. The average Bonchev–Trinajstić information content (AvgIpc) is 2.08. The Kier molecular flexibility index (Phi) is 7.39. The third-order valence-electron chi connectivity index (χ3n) is 2.36. The van der Waals surface area contributed by atoms with Gasteiger partial charge in [0, 0.05) is 6.04 Å². The predicted molar refractivity (Wildman–Crippen MR) is 63.0 cm³/mol. The number of carboxylic acid groups (broad SMARTS) is 1. The first kappa shape index (κ1) is 14.4. The van der Waals surface area contributed by atoms with Crippen LogP contribution in [-0.4, -0.2) is 23.2 Å². The molecule has 0 aromatic carbocycles. The Morgan fingerprint density at radius 1 is 1.13 bits per heavy atom. The fraction of sp³-hybridized carbons (Fsp3) is 0.917. The van der Waals surface area contributed by atoms with Crippen molar-refractivity contribution in [3.05, 3.63) is 0 Å². The fourth-order valence-corrected chi connectivity index (χ4v) is 1.58. The van der Waals surface area contributed by atoms with E-state index in [-0.39, 0.29) is 12.1 Å². The van der Waals surface area contributed by atoms with Gasteiger partial charge in [-0.15, -0.1) is 0 Å². The molecule has 0 aromatic heterocycles. The first-order chi connectivity index (χ1) is 6.93. The molecular weight excluding hydrogens is 190 g/mol. The Labute approximate surface area is 93.3 Å². The van der Waals surface area contributed by atoms with E-state index < -0.39 is 5.97 Å². The van der Waals surface area contributed by atoms with Gasteiger partial charge in [-0.1, -0.05) is 47.0 Å². The van der Waals surface area contributed by atoms with E-state index in [0.29, 0.717) is 5.92 Å². The highest BCUT2D eigenvalue weighted by molar-refractivity contribution is 5.73. The van der Waals surface area contributed by atoms with E-state index in [0.717, 1.165) is 19.3 Å². The third kappa shape index (κ3) is 8.43. The Morgan fingerprint density at radius 3 is 2.07 bits per heavy atom. The molecule has 0 fully saturated rings. The molecule has 0 heterocycles. The van der Waals surface area contributed by atoms with Crippen LogP contribution in [-0.2, 0) is 4.79 Å². The van der Waals surface area contributed by atoms with E-state index in [1.165, 1.54) is 6.42 Å². The standard InChI is InChI=1S/C12H25NO2/c1-9(2)7-5-6-8-11(12(14)15)13-10(3)4/h9-11,13H,5-8H2,1-4H3,(H,14,15)/t11-/m1/s1. The number of nitrogens with one attached hydrogen (secondary N) is 1. The molecule has 3 nitrogen and oxygen atoms in total. The van der Waals surface area contributed by atoms with Crippen LogP contribution in [0, 0.1) is 5.92 Å². The minimum absolute atomic E-state index is 0.233. The lowest BCUT2D eigenvalue weighted by molar-refractivity contribution is -0.139. The lowest BCUT2D eigenvalue weighted by atomic mass is 10.0. The van der Waals surface area contributed by atoms with Gasteiger partial charge in [-0.3, -0.25) is 4.79 Å². The predicted octanol–water partition coefficient (Wildman–Crippen LogP) is 2.65. The Bertz CT molecular complexity index is 178. The summed E-state index contributed by atoms with van der Waals surface area (Å²) in [5.41, 5.74) is 0. The van der Waals surface area contributed by atoms with Gasteiger partial charge in [-0.05, 0) is 12.3 Å². The number of aliphatic carboxylic acids is 1. The summed E-state index contributed by atoms with van der Waals surface area (Å²) in [6.45, 7) is 8.34. The maximum atomic E-state index is 10.9. The third-order valence-corrected chi connectivity index (χ3v) is 2.36. The van der Waals surface area contributed by atoms with E-state index in [9.17, 15) is 4.79 Å². The van der Waals surface area contributed by atoms with Gasteiger partial charge < -0.3 is 10.4 Å². The highest BCUT2D eigenvalue weighted by Gasteiger charge is 2.16. The summed E-state index contributed by atoms with van der Waals surface area (Å²) < 4.78 is 0. The average molecular weight is 215 g/mol. The van der Waals surface area contributed by atoms with Crippen LogP contribution in [0.2, 0.25) is 0 Å². The van der Waals surface area contributed by atoms with Gasteiger partial charge in [0.15, 0.2) is 0 Å². The molecule has 0 aromatic rings. The van der Waals surface area contributed by atoms with Crippen LogP contribution >= 0.6 is 0 Å². The van der Waals surface area contributed by atoms with Crippen LogP contribution in [0.25, 0.3) is 0 Å². The zero-order chi connectivity index (χ0) is 11.8. The summed E-state index contributed by atoms with van der Waals surface area (Å²) >= 11 is 0. The summed E-state index contributed by atoms with van der Waals surface area (Å²) in [6, 6.07) is -0.145. The molecule has 0 rings (SSSR count).